The van der Waals surface area contributed by atoms with Gasteiger partial charge in [-0.15, -0.1) is 0 Å². The molecule has 5 heteroatoms. The maximum Gasteiger partial charge on any atom is 0.309 e. The SMILES string of the molecule is CC1C(=O)NCC(C(=O)O)CN1C1CC1. The fourth-order valence-corrected chi connectivity index (χ4v) is 2.04. The van der Waals surface area contributed by atoms with E-state index >= 15 is 0 Å². The third kappa shape index (κ3) is 2.12. The van der Waals surface area contributed by atoms with E-state index in [1.54, 1.807) is 0 Å². The molecule has 84 valence electrons. The molecule has 2 unspecified atom stereocenters. The summed E-state index contributed by atoms with van der Waals surface area (Å²) in [6.45, 7) is 2.58. The number of carboxylic acid groups (broad SMARTS) is 1. The number of carbonyl (C=O) groups excluding carboxylic acids is 1. The van der Waals surface area contributed by atoms with Gasteiger partial charge in [-0.25, -0.2) is 0 Å². The van der Waals surface area contributed by atoms with Gasteiger partial charge in [-0.05, 0) is 19.8 Å². The largest absolute Gasteiger partial charge is 0.481 e. The van der Waals surface area contributed by atoms with Crippen LogP contribution in [-0.2, 0) is 9.59 Å². The Labute approximate surface area is 88.4 Å². The minimum atomic E-state index is -0.824. The normalized spacial score (nSPS) is 33.3. The molecule has 15 heavy (non-hydrogen) atoms. The second-order valence-corrected chi connectivity index (χ2v) is 4.38. The number of hydrogen-bond donors (Lipinski definition) is 2. The molecule has 0 aromatic heterocycles. The Kier molecular flexibility index (Phi) is 2.65. The Morgan fingerprint density at radius 1 is 1.53 bits per heavy atom. The third-order valence-electron chi connectivity index (χ3n) is 3.20. The number of aliphatic carboxylic acids is 1. The van der Waals surface area contributed by atoms with Crippen LogP contribution in [0.1, 0.15) is 19.8 Å². The van der Waals surface area contributed by atoms with Crippen molar-refractivity contribution in [3.63, 3.8) is 0 Å². The van der Waals surface area contributed by atoms with Crippen LogP contribution in [-0.4, -0.2) is 47.1 Å². The molecule has 5 nitrogen and oxygen atoms in total. The molecule has 1 aliphatic carbocycles. The first-order valence-corrected chi connectivity index (χ1v) is 5.36. The van der Waals surface area contributed by atoms with Gasteiger partial charge in [0.1, 0.15) is 0 Å². The van der Waals surface area contributed by atoms with Crippen LogP contribution in [0.2, 0.25) is 0 Å². The minimum absolute atomic E-state index is 0.0503. The Balaban J connectivity index is 2.11. The number of amides is 1. The van der Waals surface area contributed by atoms with Gasteiger partial charge in [0.15, 0.2) is 0 Å². The predicted octanol–water partition coefficient (Wildman–Crippen LogP) is -0.330. The molecular weight excluding hydrogens is 196 g/mol. The molecule has 0 aromatic carbocycles. The van der Waals surface area contributed by atoms with Gasteiger partial charge in [0.2, 0.25) is 5.91 Å². The molecule has 2 N–H and O–H groups in total. The zero-order valence-corrected chi connectivity index (χ0v) is 8.77. The molecule has 2 atom stereocenters. The minimum Gasteiger partial charge on any atom is -0.481 e. The highest BCUT2D eigenvalue weighted by Gasteiger charge is 2.39. The van der Waals surface area contributed by atoms with E-state index in [0.29, 0.717) is 12.6 Å². The van der Waals surface area contributed by atoms with E-state index in [0.717, 1.165) is 12.8 Å². The average Bonchev–Trinajstić information content (AvgIpc) is 2.98. The van der Waals surface area contributed by atoms with E-state index in [1.807, 2.05) is 11.8 Å². The fourth-order valence-electron chi connectivity index (χ4n) is 2.04. The summed E-state index contributed by atoms with van der Waals surface area (Å²) >= 11 is 0. The van der Waals surface area contributed by atoms with Crippen molar-refractivity contribution in [1.29, 1.82) is 0 Å². The molecule has 1 saturated carbocycles. The van der Waals surface area contributed by atoms with E-state index in [9.17, 15) is 9.59 Å². The molecule has 0 bridgehead atoms. The molecule has 2 aliphatic rings. The van der Waals surface area contributed by atoms with Crippen molar-refractivity contribution in [2.75, 3.05) is 13.1 Å². The van der Waals surface area contributed by atoms with Gasteiger partial charge in [0, 0.05) is 19.1 Å². The number of nitrogens with one attached hydrogen (secondary N) is 1. The van der Waals surface area contributed by atoms with Crippen LogP contribution in [0.3, 0.4) is 0 Å². The lowest BCUT2D eigenvalue weighted by Gasteiger charge is -2.26. The van der Waals surface area contributed by atoms with Crippen molar-refractivity contribution in [3.05, 3.63) is 0 Å². The summed E-state index contributed by atoms with van der Waals surface area (Å²) in [4.78, 5) is 24.5. The lowest BCUT2D eigenvalue weighted by Crippen LogP contribution is -2.43. The first kappa shape index (κ1) is 10.4. The summed E-state index contributed by atoms with van der Waals surface area (Å²) in [7, 11) is 0. The lowest BCUT2D eigenvalue weighted by atomic mass is 10.1. The maximum absolute atomic E-state index is 11.6. The topological polar surface area (TPSA) is 69.6 Å². The standard InChI is InChI=1S/C10H16N2O3/c1-6-9(13)11-4-7(10(14)15)5-12(6)8-2-3-8/h6-8H,2-5H2,1H3,(H,11,13)(H,14,15). The third-order valence-corrected chi connectivity index (χ3v) is 3.20. The Morgan fingerprint density at radius 2 is 2.20 bits per heavy atom. The molecule has 0 aromatic rings. The molecule has 0 radical (unpaired) electrons. The van der Waals surface area contributed by atoms with Gasteiger partial charge >= 0.3 is 5.97 Å². The average molecular weight is 212 g/mol. The second-order valence-electron chi connectivity index (χ2n) is 4.38. The zero-order valence-electron chi connectivity index (χ0n) is 8.77. The molecule has 1 aliphatic heterocycles. The van der Waals surface area contributed by atoms with Crippen LogP contribution < -0.4 is 5.32 Å². The summed E-state index contributed by atoms with van der Waals surface area (Å²) in [5.41, 5.74) is 0. The molecular formula is C10H16N2O3. The Hall–Kier alpha value is -1.10. The van der Waals surface area contributed by atoms with Crippen molar-refractivity contribution in [1.82, 2.24) is 10.2 Å². The van der Waals surface area contributed by atoms with Crippen molar-refractivity contribution in [2.24, 2.45) is 5.92 Å². The Morgan fingerprint density at radius 3 is 2.73 bits per heavy atom. The summed E-state index contributed by atoms with van der Waals surface area (Å²) in [6.07, 6.45) is 2.17. The zero-order chi connectivity index (χ0) is 11.0. The van der Waals surface area contributed by atoms with Gasteiger partial charge in [-0.1, -0.05) is 0 Å². The molecule has 1 saturated heterocycles. The van der Waals surface area contributed by atoms with Crippen molar-refractivity contribution < 1.29 is 14.7 Å². The van der Waals surface area contributed by atoms with Crippen LogP contribution in [0, 0.1) is 5.92 Å². The number of hydrogen-bond acceptors (Lipinski definition) is 3. The Bertz CT molecular complexity index is 288. The van der Waals surface area contributed by atoms with E-state index in [-0.39, 0.29) is 18.5 Å². The van der Waals surface area contributed by atoms with E-state index in [1.165, 1.54) is 0 Å². The van der Waals surface area contributed by atoms with Gasteiger partial charge in [-0.3, -0.25) is 14.5 Å². The molecule has 1 heterocycles. The molecule has 0 spiro atoms. The lowest BCUT2D eigenvalue weighted by molar-refractivity contribution is -0.142. The molecule has 2 fully saturated rings. The molecule has 1 amide bonds. The summed E-state index contributed by atoms with van der Waals surface area (Å²) < 4.78 is 0. The van der Waals surface area contributed by atoms with Crippen LogP contribution in [0.15, 0.2) is 0 Å². The van der Waals surface area contributed by atoms with Gasteiger partial charge in [0.05, 0.1) is 12.0 Å². The first-order valence-electron chi connectivity index (χ1n) is 5.36. The smallest absolute Gasteiger partial charge is 0.309 e. The van der Waals surface area contributed by atoms with Crippen LogP contribution in [0.25, 0.3) is 0 Å². The highest BCUT2D eigenvalue weighted by atomic mass is 16.4. The number of nitrogens with zero attached hydrogens (tertiary/aromatic N) is 1. The maximum atomic E-state index is 11.6. The quantitative estimate of drug-likeness (QED) is 0.657. The monoisotopic (exact) mass is 212 g/mol. The summed E-state index contributed by atoms with van der Waals surface area (Å²) in [6, 6.07) is 0.229. The fraction of sp³-hybridized carbons (Fsp3) is 0.800. The van der Waals surface area contributed by atoms with Gasteiger partial charge in [-0.2, -0.15) is 0 Å². The van der Waals surface area contributed by atoms with Crippen LogP contribution >= 0.6 is 0 Å². The van der Waals surface area contributed by atoms with E-state index in [2.05, 4.69) is 5.32 Å². The van der Waals surface area contributed by atoms with E-state index in [4.69, 9.17) is 5.11 Å². The van der Waals surface area contributed by atoms with Gasteiger partial charge in [0.25, 0.3) is 0 Å². The molecule has 2 rings (SSSR count). The summed E-state index contributed by atoms with van der Waals surface area (Å²) in [5.74, 6) is -1.35. The highest BCUT2D eigenvalue weighted by molar-refractivity contribution is 5.83. The van der Waals surface area contributed by atoms with Gasteiger partial charge < -0.3 is 10.4 Å². The first-order chi connectivity index (χ1) is 7.09. The number of carbonyl (C=O) groups is 2. The van der Waals surface area contributed by atoms with Crippen molar-refractivity contribution in [3.8, 4) is 0 Å². The summed E-state index contributed by atoms with van der Waals surface area (Å²) in [5, 5.41) is 11.7. The van der Waals surface area contributed by atoms with Crippen LogP contribution in [0.5, 0.6) is 0 Å². The number of rotatable bonds is 2. The van der Waals surface area contributed by atoms with Crippen LogP contribution in [0.4, 0.5) is 0 Å². The number of carboxylic acids is 1. The van der Waals surface area contributed by atoms with E-state index < -0.39 is 11.9 Å². The van der Waals surface area contributed by atoms with Crippen molar-refractivity contribution >= 4 is 11.9 Å². The predicted molar refractivity (Wildman–Crippen MR) is 53.3 cm³/mol. The highest BCUT2D eigenvalue weighted by Crippen LogP contribution is 2.30. The second kappa shape index (κ2) is 3.81. The van der Waals surface area contributed by atoms with Crippen molar-refractivity contribution in [2.45, 2.75) is 31.8 Å².